The zero-order chi connectivity index (χ0) is 16.4. The van der Waals surface area contributed by atoms with Gasteiger partial charge >= 0.3 is 0 Å². The monoisotopic (exact) mass is 331 g/mol. The molecule has 0 atom stereocenters. The van der Waals surface area contributed by atoms with E-state index < -0.39 is 23.8 Å². The van der Waals surface area contributed by atoms with Crippen molar-refractivity contribution in [1.29, 1.82) is 0 Å². The summed E-state index contributed by atoms with van der Waals surface area (Å²) < 4.78 is 18.2. The summed E-state index contributed by atoms with van der Waals surface area (Å²) in [6.45, 7) is 0. The van der Waals surface area contributed by atoms with Gasteiger partial charge in [-0.05, 0) is 29.6 Å². The van der Waals surface area contributed by atoms with Crippen molar-refractivity contribution < 1.29 is 23.6 Å². The Bertz CT molecular complexity index is 870. The highest BCUT2D eigenvalue weighted by Gasteiger charge is 2.20. The first-order valence-electron chi connectivity index (χ1n) is 6.60. The Morgan fingerprint density at radius 2 is 2.04 bits per heavy atom. The number of aromatic nitrogens is 1. The molecule has 0 aliphatic rings. The lowest BCUT2D eigenvalue weighted by Gasteiger charge is -2.02. The van der Waals surface area contributed by atoms with Gasteiger partial charge in [0, 0.05) is 6.07 Å². The summed E-state index contributed by atoms with van der Waals surface area (Å²) in [4.78, 5) is 24.9. The number of hydrogen-bond acceptors (Lipinski definition) is 6. The minimum Gasteiger partial charge on any atom is -0.507 e. The van der Waals surface area contributed by atoms with Crippen molar-refractivity contribution in [1.82, 2.24) is 5.16 Å². The van der Waals surface area contributed by atoms with Crippen molar-refractivity contribution in [2.75, 3.05) is 0 Å². The van der Waals surface area contributed by atoms with E-state index in [4.69, 9.17) is 4.52 Å². The van der Waals surface area contributed by atoms with Crippen LogP contribution in [-0.4, -0.2) is 21.8 Å². The summed E-state index contributed by atoms with van der Waals surface area (Å²) in [6.07, 6.45) is -0.534. The second-order valence-electron chi connectivity index (χ2n) is 4.74. The molecule has 23 heavy (non-hydrogen) atoms. The van der Waals surface area contributed by atoms with Crippen LogP contribution >= 0.6 is 11.3 Å². The van der Waals surface area contributed by atoms with Crippen molar-refractivity contribution in [3.05, 3.63) is 58.9 Å². The number of ketones is 2. The molecule has 1 aromatic carbocycles. The lowest BCUT2D eigenvalue weighted by molar-refractivity contribution is 0.0888. The topological polar surface area (TPSA) is 80.4 Å². The van der Waals surface area contributed by atoms with Gasteiger partial charge in [-0.1, -0.05) is 11.2 Å². The number of hydrogen-bond donors (Lipinski definition) is 1. The van der Waals surface area contributed by atoms with E-state index in [1.807, 2.05) is 17.5 Å². The van der Waals surface area contributed by atoms with Crippen LogP contribution in [0, 0.1) is 5.82 Å². The molecule has 0 unspecified atom stereocenters. The molecule has 0 saturated heterocycles. The molecule has 0 saturated carbocycles. The van der Waals surface area contributed by atoms with Crippen molar-refractivity contribution in [3.63, 3.8) is 0 Å². The quantitative estimate of drug-likeness (QED) is 0.569. The zero-order valence-electron chi connectivity index (χ0n) is 11.7. The summed E-state index contributed by atoms with van der Waals surface area (Å²) in [5.41, 5.74) is -0.224. The number of Topliss-reactive ketones (excluding diaryl/α,β-unsaturated/α-hetero) is 2. The highest BCUT2D eigenvalue weighted by atomic mass is 32.1. The third-order valence-electron chi connectivity index (χ3n) is 3.14. The average molecular weight is 331 g/mol. The maximum atomic E-state index is 13.2. The van der Waals surface area contributed by atoms with E-state index in [-0.39, 0.29) is 17.0 Å². The van der Waals surface area contributed by atoms with Gasteiger partial charge in [0.1, 0.15) is 11.6 Å². The van der Waals surface area contributed by atoms with Gasteiger partial charge in [0.25, 0.3) is 0 Å². The smallest absolute Gasteiger partial charge is 0.192 e. The molecule has 5 nitrogen and oxygen atoms in total. The molecular formula is C16H10FNO4S. The standard InChI is InChI=1S/C16H10FNO4S/c17-9-3-4-12(19)10(6-9)13(20)8-14(21)11-7-15(22-18-11)16-2-1-5-23-16/h1-7,19H,8H2. The molecule has 0 fully saturated rings. The summed E-state index contributed by atoms with van der Waals surface area (Å²) >= 11 is 1.43. The molecule has 2 aromatic heterocycles. The molecule has 0 aliphatic carbocycles. The van der Waals surface area contributed by atoms with Crippen molar-refractivity contribution in [3.8, 4) is 16.4 Å². The Morgan fingerprint density at radius 3 is 2.78 bits per heavy atom. The highest BCUT2D eigenvalue weighted by molar-refractivity contribution is 7.13. The Morgan fingerprint density at radius 1 is 1.22 bits per heavy atom. The fourth-order valence-corrected chi connectivity index (χ4v) is 2.68. The van der Waals surface area contributed by atoms with Crippen LogP contribution in [0.5, 0.6) is 5.75 Å². The number of carbonyl (C=O) groups is 2. The number of carbonyl (C=O) groups excluding carboxylic acids is 2. The minimum absolute atomic E-state index is 0.0117. The molecule has 0 radical (unpaired) electrons. The fraction of sp³-hybridized carbons (Fsp3) is 0.0625. The van der Waals surface area contributed by atoms with Crippen molar-refractivity contribution >= 4 is 22.9 Å². The molecule has 116 valence electrons. The lowest BCUT2D eigenvalue weighted by Crippen LogP contribution is -2.09. The number of benzene rings is 1. The highest BCUT2D eigenvalue weighted by Crippen LogP contribution is 2.26. The van der Waals surface area contributed by atoms with Gasteiger partial charge in [-0.3, -0.25) is 9.59 Å². The van der Waals surface area contributed by atoms with Gasteiger partial charge in [-0.2, -0.15) is 0 Å². The Kier molecular flexibility index (Phi) is 4.03. The van der Waals surface area contributed by atoms with Crippen molar-refractivity contribution in [2.24, 2.45) is 0 Å². The number of thiophene rings is 1. The predicted octanol–water partition coefficient (Wildman–Crippen LogP) is 3.70. The molecule has 2 heterocycles. The van der Waals surface area contributed by atoms with Crippen molar-refractivity contribution in [2.45, 2.75) is 6.42 Å². The lowest BCUT2D eigenvalue weighted by atomic mass is 10.0. The number of halogens is 1. The van der Waals surface area contributed by atoms with E-state index in [9.17, 15) is 19.1 Å². The molecule has 0 bridgehead atoms. The molecule has 0 amide bonds. The van der Waals surface area contributed by atoms with E-state index in [1.165, 1.54) is 17.4 Å². The third-order valence-corrected chi connectivity index (χ3v) is 4.02. The first-order chi connectivity index (χ1) is 11.0. The average Bonchev–Trinajstić information content (AvgIpc) is 3.19. The zero-order valence-corrected chi connectivity index (χ0v) is 12.5. The molecule has 3 aromatic rings. The number of phenols is 1. The van der Waals surface area contributed by atoms with Gasteiger partial charge in [0.05, 0.1) is 16.9 Å². The number of nitrogens with zero attached hydrogens (tertiary/aromatic N) is 1. The van der Waals surface area contributed by atoms with Gasteiger partial charge < -0.3 is 9.63 Å². The second-order valence-corrected chi connectivity index (χ2v) is 5.69. The number of phenolic OH excluding ortho intramolecular Hbond substituents is 1. The van der Waals surface area contributed by atoms with Crippen LogP contribution in [0.25, 0.3) is 10.6 Å². The molecule has 0 spiro atoms. The van der Waals surface area contributed by atoms with Crippen LogP contribution < -0.4 is 0 Å². The maximum Gasteiger partial charge on any atom is 0.192 e. The molecule has 0 aliphatic heterocycles. The predicted molar refractivity (Wildman–Crippen MR) is 81.2 cm³/mol. The van der Waals surface area contributed by atoms with Gasteiger partial charge in [-0.25, -0.2) is 4.39 Å². The van der Waals surface area contributed by atoms with Crippen LogP contribution in [-0.2, 0) is 0 Å². The van der Waals surface area contributed by atoms with Crippen LogP contribution in [0.2, 0.25) is 0 Å². The molecule has 3 rings (SSSR count). The van der Waals surface area contributed by atoms with E-state index in [0.29, 0.717) is 5.76 Å². The van der Waals surface area contributed by atoms with Crippen LogP contribution in [0.15, 0.2) is 46.3 Å². The molecular weight excluding hydrogens is 321 g/mol. The molecule has 7 heteroatoms. The van der Waals surface area contributed by atoms with Crippen LogP contribution in [0.3, 0.4) is 0 Å². The maximum absolute atomic E-state index is 13.2. The van der Waals surface area contributed by atoms with Crippen LogP contribution in [0.4, 0.5) is 4.39 Å². The summed E-state index contributed by atoms with van der Waals surface area (Å²) in [7, 11) is 0. The Labute approximate surface area is 134 Å². The Hall–Kier alpha value is -2.80. The van der Waals surface area contributed by atoms with E-state index in [2.05, 4.69) is 5.16 Å². The summed E-state index contributed by atoms with van der Waals surface area (Å²) in [5.74, 6) is -1.86. The first kappa shape index (κ1) is 15.1. The SMILES string of the molecule is O=C(CC(=O)c1cc(F)ccc1O)c1cc(-c2cccs2)on1. The number of aromatic hydroxyl groups is 1. The molecule has 1 N–H and O–H groups in total. The largest absolute Gasteiger partial charge is 0.507 e. The fourth-order valence-electron chi connectivity index (χ4n) is 2.00. The van der Waals surface area contributed by atoms with Gasteiger partial charge in [-0.15, -0.1) is 11.3 Å². The summed E-state index contributed by atoms with van der Waals surface area (Å²) in [5, 5.41) is 15.1. The normalized spacial score (nSPS) is 10.7. The van der Waals surface area contributed by atoms with Gasteiger partial charge in [0.2, 0.25) is 0 Å². The van der Waals surface area contributed by atoms with E-state index in [1.54, 1.807) is 0 Å². The first-order valence-corrected chi connectivity index (χ1v) is 7.48. The van der Waals surface area contributed by atoms with Crippen LogP contribution in [0.1, 0.15) is 27.3 Å². The third kappa shape index (κ3) is 3.19. The van der Waals surface area contributed by atoms with E-state index >= 15 is 0 Å². The summed E-state index contributed by atoms with van der Waals surface area (Å²) in [6, 6.07) is 8.09. The van der Waals surface area contributed by atoms with E-state index in [0.717, 1.165) is 23.1 Å². The van der Waals surface area contributed by atoms with Gasteiger partial charge in [0.15, 0.2) is 23.0 Å². The Balaban J connectivity index is 1.77. The minimum atomic E-state index is -0.687. The second kappa shape index (κ2) is 6.13. The number of rotatable bonds is 5.